The highest BCUT2D eigenvalue weighted by Gasteiger charge is 2.34. The van der Waals surface area contributed by atoms with Gasteiger partial charge >= 0.3 is 0 Å². The number of aliphatic hydroxyl groups is 1. The molecular weight excluding hydrogens is 454 g/mol. The molecule has 3 atom stereocenters. The van der Waals surface area contributed by atoms with Gasteiger partial charge in [-0.05, 0) is 24.1 Å². The van der Waals surface area contributed by atoms with Gasteiger partial charge in [0.25, 0.3) is 5.91 Å². The highest BCUT2D eigenvalue weighted by molar-refractivity contribution is 5.98. The number of nitrogens with zero attached hydrogens (tertiary/aromatic N) is 3. The summed E-state index contributed by atoms with van der Waals surface area (Å²) >= 11 is 0. The van der Waals surface area contributed by atoms with Crippen molar-refractivity contribution in [1.82, 2.24) is 14.8 Å². The van der Waals surface area contributed by atoms with Crippen LogP contribution in [0.3, 0.4) is 0 Å². The van der Waals surface area contributed by atoms with Gasteiger partial charge in [-0.25, -0.2) is 4.98 Å². The fourth-order valence-electron chi connectivity index (χ4n) is 4.39. The minimum absolute atomic E-state index is 0.0108. The molecule has 7 heteroatoms. The van der Waals surface area contributed by atoms with Crippen molar-refractivity contribution in [2.45, 2.75) is 32.4 Å². The molecule has 0 saturated heterocycles. The van der Waals surface area contributed by atoms with E-state index < -0.39 is 0 Å². The number of rotatable bonds is 7. The van der Waals surface area contributed by atoms with Crippen molar-refractivity contribution in [2.24, 2.45) is 5.92 Å². The van der Waals surface area contributed by atoms with Gasteiger partial charge < -0.3 is 19.6 Å². The number of aromatic nitrogens is 1. The Bertz CT molecular complexity index is 1190. The number of likely N-dealkylation sites (N-methyl/N-ethyl adjacent to an activating group) is 1. The van der Waals surface area contributed by atoms with Crippen molar-refractivity contribution in [3.05, 3.63) is 84.1 Å². The molecule has 7 nitrogen and oxygen atoms in total. The summed E-state index contributed by atoms with van der Waals surface area (Å²) < 4.78 is 6.33. The normalized spacial score (nSPS) is 18.4. The molecule has 1 aliphatic heterocycles. The molecule has 0 bridgehead atoms. The fourth-order valence-corrected chi connectivity index (χ4v) is 4.39. The lowest BCUT2D eigenvalue weighted by Crippen LogP contribution is -2.50. The standard InChI is InChI=1S/C29H33N3O4/c1-20-17-32(21(2)19-33)29(35)25-15-24(23-12-8-5-9-13-23)16-30-28(25)36-26(20)18-31(3)27(34)14-22-10-6-4-7-11-22/h4-13,15-16,20-21,26,33H,14,17-19H2,1-3H3/t20-,21+,26+/m1/s1. The number of carbonyl (C=O) groups excluding carboxylic acids is 2. The van der Waals surface area contributed by atoms with E-state index in [2.05, 4.69) is 4.98 Å². The summed E-state index contributed by atoms with van der Waals surface area (Å²) in [6, 6.07) is 20.8. The Labute approximate surface area is 212 Å². The molecule has 0 unspecified atom stereocenters. The van der Waals surface area contributed by atoms with E-state index in [4.69, 9.17) is 4.74 Å². The summed E-state index contributed by atoms with van der Waals surface area (Å²) in [7, 11) is 1.77. The van der Waals surface area contributed by atoms with E-state index in [-0.39, 0.29) is 42.4 Å². The molecule has 0 aliphatic carbocycles. The van der Waals surface area contributed by atoms with Crippen molar-refractivity contribution >= 4 is 11.8 Å². The largest absolute Gasteiger partial charge is 0.472 e. The van der Waals surface area contributed by atoms with Crippen LogP contribution in [-0.2, 0) is 11.2 Å². The number of carbonyl (C=O) groups is 2. The predicted molar refractivity (Wildman–Crippen MR) is 139 cm³/mol. The number of hydrogen-bond donors (Lipinski definition) is 1. The molecule has 2 heterocycles. The van der Waals surface area contributed by atoms with Gasteiger partial charge in [0.1, 0.15) is 11.7 Å². The lowest BCUT2D eigenvalue weighted by atomic mass is 9.99. The fraction of sp³-hybridized carbons (Fsp3) is 0.345. The Morgan fingerprint density at radius 1 is 1.14 bits per heavy atom. The summed E-state index contributed by atoms with van der Waals surface area (Å²) in [6.07, 6.45) is 1.62. The Balaban J connectivity index is 1.62. The number of aliphatic hydroxyl groups excluding tert-OH is 1. The van der Waals surface area contributed by atoms with Crippen LogP contribution in [-0.4, -0.2) is 70.6 Å². The average Bonchev–Trinajstić information content (AvgIpc) is 2.91. The van der Waals surface area contributed by atoms with Crippen LogP contribution >= 0.6 is 0 Å². The molecule has 0 fully saturated rings. The monoisotopic (exact) mass is 487 g/mol. The maximum absolute atomic E-state index is 13.6. The van der Waals surface area contributed by atoms with Gasteiger partial charge in [0, 0.05) is 31.3 Å². The number of hydrogen-bond acceptors (Lipinski definition) is 5. The van der Waals surface area contributed by atoms with Gasteiger partial charge in [-0.2, -0.15) is 0 Å². The number of ether oxygens (including phenoxy) is 1. The molecule has 2 amide bonds. The lowest BCUT2D eigenvalue weighted by Gasteiger charge is -2.37. The van der Waals surface area contributed by atoms with Gasteiger partial charge in [-0.1, -0.05) is 67.6 Å². The van der Waals surface area contributed by atoms with E-state index in [1.807, 2.05) is 74.5 Å². The maximum Gasteiger partial charge on any atom is 0.259 e. The first-order chi connectivity index (χ1) is 17.4. The van der Waals surface area contributed by atoms with E-state index in [1.54, 1.807) is 29.1 Å². The second kappa shape index (κ2) is 11.4. The molecule has 36 heavy (non-hydrogen) atoms. The van der Waals surface area contributed by atoms with E-state index in [0.717, 1.165) is 16.7 Å². The van der Waals surface area contributed by atoms with Crippen LogP contribution in [0.1, 0.15) is 29.8 Å². The minimum Gasteiger partial charge on any atom is -0.472 e. The third-order valence-electron chi connectivity index (χ3n) is 6.71. The molecule has 2 aromatic carbocycles. The Morgan fingerprint density at radius 2 is 1.81 bits per heavy atom. The Hall–Kier alpha value is -3.71. The Morgan fingerprint density at radius 3 is 2.47 bits per heavy atom. The highest BCUT2D eigenvalue weighted by Crippen LogP contribution is 2.30. The molecule has 3 aromatic rings. The van der Waals surface area contributed by atoms with Gasteiger partial charge in [0.2, 0.25) is 11.8 Å². The molecular formula is C29H33N3O4. The molecule has 0 radical (unpaired) electrons. The quantitative estimate of drug-likeness (QED) is 0.550. The lowest BCUT2D eigenvalue weighted by molar-refractivity contribution is -0.130. The number of pyridine rings is 1. The van der Waals surface area contributed by atoms with Crippen LogP contribution in [0.4, 0.5) is 0 Å². The summed E-state index contributed by atoms with van der Waals surface area (Å²) in [5.41, 5.74) is 3.06. The molecule has 4 rings (SSSR count). The molecule has 1 N–H and O–H groups in total. The van der Waals surface area contributed by atoms with E-state index in [9.17, 15) is 14.7 Å². The van der Waals surface area contributed by atoms with Crippen LogP contribution < -0.4 is 4.74 Å². The first-order valence-electron chi connectivity index (χ1n) is 12.3. The zero-order chi connectivity index (χ0) is 25.7. The third-order valence-corrected chi connectivity index (χ3v) is 6.71. The molecule has 1 aliphatic rings. The average molecular weight is 488 g/mol. The van der Waals surface area contributed by atoms with Gasteiger partial charge in [-0.15, -0.1) is 0 Å². The van der Waals surface area contributed by atoms with Crippen molar-refractivity contribution in [3.63, 3.8) is 0 Å². The second-order valence-electron chi connectivity index (χ2n) is 9.50. The summed E-state index contributed by atoms with van der Waals surface area (Å²) in [4.78, 5) is 34.4. The van der Waals surface area contributed by atoms with Crippen molar-refractivity contribution in [2.75, 3.05) is 26.7 Å². The van der Waals surface area contributed by atoms with Gasteiger partial charge in [0.05, 0.1) is 25.6 Å². The van der Waals surface area contributed by atoms with Crippen molar-refractivity contribution in [3.8, 4) is 17.0 Å². The van der Waals surface area contributed by atoms with Crippen molar-refractivity contribution in [1.29, 1.82) is 0 Å². The van der Waals surface area contributed by atoms with E-state index >= 15 is 0 Å². The maximum atomic E-state index is 13.6. The van der Waals surface area contributed by atoms with Crippen LogP contribution in [0.2, 0.25) is 0 Å². The summed E-state index contributed by atoms with van der Waals surface area (Å²) in [5.74, 6) is -0.0899. The zero-order valence-corrected chi connectivity index (χ0v) is 21.0. The SMILES string of the molecule is C[C@@H]1CN([C@@H](C)CO)C(=O)c2cc(-c3ccccc3)cnc2O[C@H]1CN(C)C(=O)Cc1ccccc1. The summed E-state index contributed by atoms with van der Waals surface area (Å²) in [6.45, 7) is 4.41. The topological polar surface area (TPSA) is 83.0 Å². The van der Waals surface area contributed by atoms with E-state index in [1.165, 1.54) is 0 Å². The van der Waals surface area contributed by atoms with Crippen molar-refractivity contribution < 1.29 is 19.4 Å². The molecule has 0 saturated carbocycles. The predicted octanol–water partition coefficient (Wildman–Crippen LogP) is 3.67. The van der Waals surface area contributed by atoms with Crippen LogP contribution in [0.15, 0.2) is 72.9 Å². The Kier molecular flexibility index (Phi) is 8.00. The van der Waals surface area contributed by atoms with Gasteiger partial charge in [-0.3, -0.25) is 9.59 Å². The number of benzene rings is 2. The smallest absolute Gasteiger partial charge is 0.259 e. The number of amides is 2. The number of fused-ring (bicyclic) bond motifs is 1. The minimum atomic E-state index is -0.384. The zero-order valence-electron chi connectivity index (χ0n) is 21.0. The van der Waals surface area contributed by atoms with Crippen LogP contribution in [0.25, 0.3) is 11.1 Å². The van der Waals surface area contributed by atoms with E-state index in [0.29, 0.717) is 25.1 Å². The third kappa shape index (κ3) is 5.74. The molecule has 188 valence electrons. The molecule has 0 spiro atoms. The molecule has 1 aromatic heterocycles. The highest BCUT2D eigenvalue weighted by atomic mass is 16.5. The second-order valence-corrected chi connectivity index (χ2v) is 9.50. The van der Waals surface area contributed by atoms with Gasteiger partial charge in [0.15, 0.2) is 0 Å². The first-order valence-corrected chi connectivity index (χ1v) is 12.3. The van der Waals surface area contributed by atoms with Crippen LogP contribution in [0.5, 0.6) is 5.88 Å². The van der Waals surface area contributed by atoms with Crippen LogP contribution in [0, 0.1) is 5.92 Å². The first kappa shape index (κ1) is 25.4. The summed E-state index contributed by atoms with van der Waals surface area (Å²) in [5, 5.41) is 9.86.